The highest BCUT2D eigenvalue weighted by atomic mass is 19.4. The number of hydrogen-bond donors (Lipinski definition) is 1. The van der Waals surface area contributed by atoms with E-state index in [1.54, 1.807) is 6.20 Å². The van der Waals surface area contributed by atoms with Crippen molar-refractivity contribution in [3.8, 4) is 22.5 Å². The fourth-order valence-corrected chi connectivity index (χ4v) is 5.67. The molecule has 198 valence electrons. The van der Waals surface area contributed by atoms with Gasteiger partial charge in [-0.3, -0.25) is 9.89 Å². The van der Waals surface area contributed by atoms with E-state index in [-0.39, 0.29) is 17.7 Å². The number of nitrogens with one attached hydrogen (secondary N) is 1. The number of amides is 1. The van der Waals surface area contributed by atoms with Gasteiger partial charge in [0.05, 0.1) is 28.3 Å². The van der Waals surface area contributed by atoms with Crippen LogP contribution in [0.3, 0.4) is 0 Å². The van der Waals surface area contributed by atoms with E-state index in [2.05, 4.69) is 16.3 Å². The van der Waals surface area contributed by atoms with Crippen LogP contribution >= 0.6 is 0 Å². The molecular formula is C30H26F3N5O. The lowest BCUT2D eigenvalue weighted by Crippen LogP contribution is -2.30. The molecule has 0 bridgehead atoms. The van der Waals surface area contributed by atoms with Gasteiger partial charge in [0.25, 0.3) is 0 Å². The molecule has 39 heavy (non-hydrogen) atoms. The fourth-order valence-electron chi connectivity index (χ4n) is 5.67. The van der Waals surface area contributed by atoms with Crippen molar-refractivity contribution in [3.05, 3.63) is 72.4 Å². The Balaban J connectivity index is 1.24. The van der Waals surface area contributed by atoms with Gasteiger partial charge in [0.2, 0.25) is 5.91 Å². The van der Waals surface area contributed by atoms with Gasteiger partial charge in [0.15, 0.2) is 0 Å². The summed E-state index contributed by atoms with van der Waals surface area (Å²) >= 11 is 0. The molecule has 1 N–H and O–H groups in total. The number of nitrogens with zero attached hydrogens (tertiary/aromatic N) is 4. The molecule has 1 aliphatic heterocycles. The van der Waals surface area contributed by atoms with E-state index in [0.29, 0.717) is 29.9 Å². The second-order valence-electron chi connectivity index (χ2n) is 10.7. The van der Waals surface area contributed by atoms with Crippen LogP contribution in [0.1, 0.15) is 24.8 Å². The normalized spacial score (nSPS) is 17.9. The largest absolute Gasteiger partial charge is 0.416 e. The van der Waals surface area contributed by atoms with Crippen molar-refractivity contribution >= 4 is 27.8 Å². The second-order valence-corrected chi connectivity index (χ2v) is 10.7. The first-order valence-electron chi connectivity index (χ1n) is 13.2. The van der Waals surface area contributed by atoms with Gasteiger partial charge < -0.3 is 9.47 Å². The number of H-pyrrole nitrogens is 1. The lowest BCUT2D eigenvalue weighted by molar-refractivity contribution is -0.137. The summed E-state index contributed by atoms with van der Waals surface area (Å²) < 4.78 is 42.4. The Morgan fingerprint density at radius 1 is 0.949 bits per heavy atom. The molecule has 1 atom stereocenters. The molecule has 9 heteroatoms. The first-order valence-corrected chi connectivity index (χ1v) is 13.2. The van der Waals surface area contributed by atoms with Crippen LogP contribution in [0.5, 0.6) is 0 Å². The monoisotopic (exact) mass is 529 g/mol. The molecule has 7 rings (SSSR count). The molecule has 3 heterocycles. The maximum Gasteiger partial charge on any atom is 0.416 e. The minimum absolute atomic E-state index is 0.182. The van der Waals surface area contributed by atoms with Crippen LogP contribution in [0.15, 0.2) is 66.9 Å². The van der Waals surface area contributed by atoms with Crippen LogP contribution in [0.4, 0.5) is 13.2 Å². The van der Waals surface area contributed by atoms with Crippen molar-refractivity contribution in [2.75, 3.05) is 13.1 Å². The van der Waals surface area contributed by atoms with Crippen molar-refractivity contribution in [2.24, 2.45) is 11.8 Å². The number of hydrogen-bond acceptors (Lipinski definition) is 3. The highest BCUT2D eigenvalue weighted by Crippen LogP contribution is 2.36. The highest BCUT2D eigenvalue weighted by molar-refractivity contribution is 5.85. The molecule has 1 saturated heterocycles. The molecule has 1 saturated carbocycles. The molecule has 1 aliphatic carbocycles. The molecule has 2 aromatic heterocycles. The average Bonchev–Trinajstić information content (AvgIpc) is 3.33. The van der Waals surface area contributed by atoms with Crippen molar-refractivity contribution in [1.82, 2.24) is 24.6 Å². The van der Waals surface area contributed by atoms with E-state index in [4.69, 9.17) is 4.98 Å². The van der Waals surface area contributed by atoms with E-state index in [0.717, 1.165) is 65.5 Å². The zero-order valence-corrected chi connectivity index (χ0v) is 21.1. The minimum atomic E-state index is -4.44. The molecule has 0 radical (unpaired) electrons. The Morgan fingerprint density at radius 2 is 1.72 bits per heavy atom. The number of carbonyl (C=O) groups excluding carboxylic acids is 1. The molecule has 3 aromatic carbocycles. The summed E-state index contributed by atoms with van der Waals surface area (Å²) in [6.07, 6.45) is 0.166. The second kappa shape index (κ2) is 8.97. The van der Waals surface area contributed by atoms with E-state index >= 15 is 0 Å². The Kier molecular flexibility index (Phi) is 5.50. The number of likely N-dealkylation sites (tertiary alicyclic amines) is 1. The number of alkyl halides is 3. The standard InChI is InChI=1S/C30H26F3N5O/c31-30(32,33)24-8-10-27-26(14-24)35-28(38(27)17-18-11-12-37(16-18)29(39)21-5-6-21)20-3-1-19(2-4-20)22-7-9-25-23(13-22)15-34-36-25/h1-4,7-10,13-15,18,21H,5-6,11-12,16-17H2,(H,34,36)/t18-/m1/s1. The van der Waals surface area contributed by atoms with Gasteiger partial charge in [-0.1, -0.05) is 30.3 Å². The number of aromatic nitrogens is 4. The fraction of sp³-hybridized carbons (Fsp3) is 0.300. The zero-order valence-electron chi connectivity index (χ0n) is 21.1. The third-order valence-corrected chi connectivity index (χ3v) is 7.96. The summed E-state index contributed by atoms with van der Waals surface area (Å²) in [7, 11) is 0. The first kappa shape index (κ1) is 23.9. The van der Waals surface area contributed by atoms with Crippen LogP contribution < -0.4 is 0 Å². The van der Waals surface area contributed by atoms with Crippen molar-refractivity contribution in [3.63, 3.8) is 0 Å². The summed E-state index contributed by atoms with van der Waals surface area (Å²) in [5, 5.41) is 8.05. The van der Waals surface area contributed by atoms with Gasteiger partial charge in [-0.25, -0.2) is 4.98 Å². The smallest absolute Gasteiger partial charge is 0.342 e. The number of rotatable bonds is 5. The van der Waals surface area contributed by atoms with Gasteiger partial charge in [-0.15, -0.1) is 0 Å². The molecular weight excluding hydrogens is 503 g/mol. The van der Waals surface area contributed by atoms with Crippen molar-refractivity contribution in [1.29, 1.82) is 0 Å². The van der Waals surface area contributed by atoms with E-state index in [1.807, 2.05) is 45.9 Å². The number of carbonyl (C=O) groups is 1. The van der Waals surface area contributed by atoms with Gasteiger partial charge in [-0.2, -0.15) is 18.3 Å². The van der Waals surface area contributed by atoms with Gasteiger partial charge in [0, 0.05) is 36.5 Å². The van der Waals surface area contributed by atoms with E-state index in [1.165, 1.54) is 6.07 Å². The molecule has 0 spiro atoms. The Bertz CT molecular complexity index is 1700. The maximum absolute atomic E-state index is 13.5. The van der Waals surface area contributed by atoms with Crippen LogP contribution in [0.2, 0.25) is 0 Å². The molecule has 2 aliphatic rings. The Labute approximate surface area is 222 Å². The van der Waals surface area contributed by atoms with Gasteiger partial charge in [0.1, 0.15) is 5.82 Å². The van der Waals surface area contributed by atoms with Crippen molar-refractivity contribution in [2.45, 2.75) is 32.0 Å². The number of aromatic amines is 1. The lowest BCUT2D eigenvalue weighted by Gasteiger charge is -2.18. The first-order chi connectivity index (χ1) is 18.8. The average molecular weight is 530 g/mol. The number of benzene rings is 3. The van der Waals surface area contributed by atoms with Crippen LogP contribution in [-0.4, -0.2) is 43.6 Å². The lowest BCUT2D eigenvalue weighted by atomic mass is 10.0. The van der Waals surface area contributed by atoms with E-state index in [9.17, 15) is 18.0 Å². The summed E-state index contributed by atoms with van der Waals surface area (Å²) in [6.45, 7) is 1.99. The van der Waals surface area contributed by atoms with Crippen LogP contribution in [0, 0.1) is 11.8 Å². The number of imidazole rings is 1. The summed E-state index contributed by atoms with van der Waals surface area (Å²) in [4.78, 5) is 19.2. The van der Waals surface area contributed by atoms with Gasteiger partial charge >= 0.3 is 6.18 Å². The Hall–Kier alpha value is -4.14. The van der Waals surface area contributed by atoms with Crippen LogP contribution in [-0.2, 0) is 17.5 Å². The quantitative estimate of drug-likeness (QED) is 0.282. The predicted octanol–water partition coefficient (Wildman–Crippen LogP) is 6.52. The SMILES string of the molecule is O=C(C1CC1)N1CC[C@@H](Cn2c(-c3ccc(-c4ccc5[nH]ncc5c4)cc3)nc3cc(C(F)(F)F)ccc32)C1. The van der Waals surface area contributed by atoms with Gasteiger partial charge in [-0.05, 0) is 66.6 Å². The van der Waals surface area contributed by atoms with Crippen molar-refractivity contribution < 1.29 is 18.0 Å². The minimum Gasteiger partial charge on any atom is -0.342 e. The Morgan fingerprint density at radius 3 is 2.49 bits per heavy atom. The number of fused-ring (bicyclic) bond motifs is 2. The zero-order chi connectivity index (χ0) is 26.7. The third kappa shape index (κ3) is 4.45. The molecule has 0 unspecified atom stereocenters. The predicted molar refractivity (Wildman–Crippen MR) is 143 cm³/mol. The maximum atomic E-state index is 13.5. The highest BCUT2D eigenvalue weighted by Gasteiger charge is 2.37. The molecule has 5 aromatic rings. The third-order valence-electron chi connectivity index (χ3n) is 7.96. The molecule has 6 nitrogen and oxygen atoms in total. The summed E-state index contributed by atoms with van der Waals surface area (Å²) in [6, 6.07) is 17.8. The summed E-state index contributed by atoms with van der Waals surface area (Å²) in [5.74, 6) is 1.27. The molecule has 2 fully saturated rings. The molecule has 1 amide bonds. The number of halogens is 3. The van der Waals surface area contributed by atoms with E-state index < -0.39 is 11.7 Å². The van der Waals surface area contributed by atoms with Crippen LogP contribution in [0.25, 0.3) is 44.5 Å². The summed E-state index contributed by atoms with van der Waals surface area (Å²) in [5.41, 5.74) is 4.14. The topological polar surface area (TPSA) is 66.8 Å².